The lowest BCUT2D eigenvalue weighted by Crippen LogP contribution is -2.19. The van der Waals surface area contributed by atoms with Crippen LogP contribution in [0.4, 0.5) is 11.6 Å². The minimum absolute atomic E-state index is 0.227. The van der Waals surface area contributed by atoms with Crippen LogP contribution in [0.3, 0.4) is 0 Å². The van der Waals surface area contributed by atoms with Gasteiger partial charge in [0.05, 0.1) is 22.9 Å². The van der Waals surface area contributed by atoms with Crippen LogP contribution >= 0.6 is 11.3 Å². The highest BCUT2D eigenvalue weighted by atomic mass is 32.1. The maximum Gasteiger partial charge on any atom is 0.279 e. The Morgan fingerprint density at radius 1 is 1.42 bits per heavy atom. The fourth-order valence-corrected chi connectivity index (χ4v) is 3.65. The molecule has 0 unspecified atom stereocenters. The minimum Gasteiger partial charge on any atom is -0.381 e. The van der Waals surface area contributed by atoms with Crippen molar-refractivity contribution < 1.29 is 4.74 Å². The van der Waals surface area contributed by atoms with Gasteiger partial charge in [-0.15, -0.1) is 0 Å². The lowest BCUT2D eigenvalue weighted by Gasteiger charge is -2.22. The Hall–Kier alpha value is -2.26. The molecule has 0 radical (unpaired) electrons. The SMILES string of the molecule is CCc1nc2c(=O)[nH]c(Nc3cnn(C4CCOCC4)c3)nc2s1. The van der Waals surface area contributed by atoms with E-state index in [1.165, 1.54) is 11.3 Å². The summed E-state index contributed by atoms with van der Waals surface area (Å²) in [6, 6.07) is 0.359. The molecule has 9 heteroatoms. The summed E-state index contributed by atoms with van der Waals surface area (Å²) in [5, 5.41) is 8.44. The Balaban J connectivity index is 1.57. The molecule has 8 nitrogen and oxygen atoms in total. The van der Waals surface area contributed by atoms with Crippen LogP contribution < -0.4 is 10.9 Å². The molecule has 4 heterocycles. The summed E-state index contributed by atoms with van der Waals surface area (Å²) in [5.74, 6) is 0.408. The van der Waals surface area contributed by atoms with Gasteiger partial charge in [-0.1, -0.05) is 18.3 Å². The van der Waals surface area contributed by atoms with Gasteiger partial charge in [0.15, 0.2) is 10.3 Å². The number of rotatable bonds is 4. The van der Waals surface area contributed by atoms with Gasteiger partial charge in [-0.2, -0.15) is 5.10 Å². The van der Waals surface area contributed by atoms with E-state index in [2.05, 4.69) is 25.4 Å². The number of H-pyrrole nitrogens is 1. The van der Waals surface area contributed by atoms with Crippen molar-refractivity contribution in [3.8, 4) is 0 Å². The van der Waals surface area contributed by atoms with Gasteiger partial charge in [-0.25, -0.2) is 9.97 Å². The van der Waals surface area contributed by atoms with E-state index in [9.17, 15) is 4.79 Å². The number of nitrogens with one attached hydrogen (secondary N) is 2. The first kappa shape index (κ1) is 15.3. The number of nitrogens with zero attached hydrogens (tertiary/aromatic N) is 4. The van der Waals surface area contributed by atoms with Gasteiger partial charge in [-0.3, -0.25) is 14.5 Å². The van der Waals surface area contributed by atoms with Crippen LogP contribution in [0.1, 0.15) is 30.8 Å². The van der Waals surface area contributed by atoms with Gasteiger partial charge >= 0.3 is 0 Å². The highest BCUT2D eigenvalue weighted by Crippen LogP contribution is 2.23. The summed E-state index contributed by atoms with van der Waals surface area (Å²) in [6.45, 7) is 3.55. The average molecular weight is 346 g/mol. The van der Waals surface area contributed by atoms with E-state index in [0.717, 1.165) is 43.2 Å². The number of aromatic amines is 1. The van der Waals surface area contributed by atoms with Crippen LogP contribution in [0, 0.1) is 0 Å². The number of aromatic nitrogens is 5. The second-order valence-corrected chi connectivity index (χ2v) is 6.77. The summed E-state index contributed by atoms with van der Waals surface area (Å²) in [4.78, 5) is 24.3. The molecule has 1 fully saturated rings. The predicted molar refractivity (Wildman–Crippen MR) is 92.0 cm³/mol. The van der Waals surface area contributed by atoms with Crippen molar-refractivity contribution in [2.45, 2.75) is 32.2 Å². The van der Waals surface area contributed by atoms with E-state index in [-0.39, 0.29) is 5.56 Å². The topological polar surface area (TPSA) is 97.7 Å². The summed E-state index contributed by atoms with van der Waals surface area (Å²) in [7, 11) is 0. The fraction of sp³-hybridized carbons (Fsp3) is 0.467. The molecule has 0 aromatic carbocycles. The molecular formula is C15H18N6O2S. The van der Waals surface area contributed by atoms with E-state index in [1.54, 1.807) is 6.20 Å². The summed E-state index contributed by atoms with van der Waals surface area (Å²) < 4.78 is 7.33. The third-order valence-electron chi connectivity index (χ3n) is 4.05. The second kappa shape index (κ2) is 6.33. The largest absolute Gasteiger partial charge is 0.381 e. The Morgan fingerprint density at radius 2 is 2.25 bits per heavy atom. The number of fused-ring (bicyclic) bond motifs is 1. The average Bonchev–Trinajstić information content (AvgIpc) is 3.22. The predicted octanol–water partition coefficient (Wildman–Crippen LogP) is 2.23. The number of hydrogen-bond acceptors (Lipinski definition) is 7. The molecule has 2 N–H and O–H groups in total. The van der Waals surface area contributed by atoms with Gasteiger partial charge in [0.1, 0.15) is 0 Å². The molecule has 3 aromatic heterocycles. The van der Waals surface area contributed by atoms with Crippen LogP contribution in [0.5, 0.6) is 0 Å². The minimum atomic E-state index is -0.227. The Morgan fingerprint density at radius 3 is 3.04 bits per heavy atom. The van der Waals surface area contributed by atoms with E-state index in [1.807, 2.05) is 17.8 Å². The van der Waals surface area contributed by atoms with Crippen molar-refractivity contribution in [2.75, 3.05) is 18.5 Å². The smallest absolute Gasteiger partial charge is 0.279 e. The third-order valence-corrected chi connectivity index (χ3v) is 5.14. The zero-order chi connectivity index (χ0) is 16.5. The summed E-state index contributed by atoms with van der Waals surface area (Å²) >= 11 is 1.45. The zero-order valence-corrected chi connectivity index (χ0v) is 14.1. The normalized spacial score (nSPS) is 15.9. The van der Waals surface area contributed by atoms with Crippen molar-refractivity contribution in [3.63, 3.8) is 0 Å². The number of ether oxygens (including phenoxy) is 1. The van der Waals surface area contributed by atoms with Crippen LogP contribution in [0.25, 0.3) is 10.3 Å². The number of thiazole rings is 1. The van der Waals surface area contributed by atoms with E-state index >= 15 is 0 Å². The molecule has 0 saturated carbocycles. The lowest BCUT2D eigenvalue weighted by molar-refractivity contribution is 0.0662. The van der Waals surface area contributed by atoms with Crippen molar-refractivity contribution in [1.29, 1.82) is 0 Å². The molecule has 4 rings (SSSR count). The number of hydrogen-bond donors (Lipinski definition) is 2. The molecule has 3 aromatic rings. The molecule has 0 spiro atoms. The summed E-state index contributed by atoms with van der Waals surface area (Å²) in [6.07, 6.45) is 6.39. The molecule has 0 atom stereocenters. The Labute approximate surface area is 141 Å². The molecular weight excluding hydrogens is 328 g/mol. The lowest BCUT2D eigenvalue weighted by atomic mass is 10.1. The Bertz CT molecular complexity index is 908. The first-order valence-electron chi connectivity index (χ1n) is 8.01. The Kier molecular flexibility index (Phi) is 4.03. The third kappa shape index (κ3) is 2.92. The maximum absolute atomic E-state index is 12.1. The van der Waals surface area contributed by atoms with Gasteiger partial charge in [0, 0.05) is 19.4 Å². The van der Waals surface area contributed by atoms with E-state index in [0.29, 0.717) is 22.3 Å². The highest BCUT2D eigenvalue weighted by molar-refractivity contribution is 7.18. The molecule has 1 aliphatic rings. The molecule has 24 heavy (non-hydrogen) atoms. The summed E-state index contributed by atoms with van der Waals surface area (Å²) in [5.41, 5.74) is 0.972. The van der Waals surface area contributed by atoms with Crippen molar-refractivity contribution in [3.05, 3.63) is 27.8 Å². The van der Waals surface area contributed by atoms with Crippen LogP contribution in [-0.4, -0.2) is 37.9 Å². The van der Waals surface area contributed by atoms with Crippen LogP contribution in [-0.2, 0) is 11.2 Å². The van der Waals surface area contributed by atoms with Gasteiger partial charge in [-0.05, 0) is 19.3 Å². The van der Waals surface area contributed by atoms with Gasteiger partial charge in [0.25, 0.3) is 5.56 Å². The van der Waals surface area contributed by atoms with Crippen LogP contribution in [0.15, 0.2) is 17.2 Å². The molecule has 126 valence electrons. The number of aryl methyl sites for hydroxylation is 1. The van der Waals surface area contributed by atoms with Gasteiger partial charge < -0.3 is 10.1 Å². The van der Waals surface area contributed by atoms with Gasteiger partial charge in [0.2, 0.25) is 5.95 Å². The van der Waals surface area contributed by atoms with Crippen molar-refractivity contribution in [1.82, 2.24) is 24.7 Å². The molecule has 0 bridgehead atoms. The second-order valence-electron chi connectivity index (χ2n) is 5.71. The molecule has 1 aliphatic heterocycles. The first-order chi connectivity index (χ1) is 11.7. The number of anilines is 2. The highest BCUT2D eigenvalue weighted by Gasteiger charge is 2.17. The van der Waals surface area contributed by atoms with E-state index in [4.69, 9.17) is 4.74 Å². The van der Waals surface area contributed by atoms with Crippen molar-refractivity contribution >= 4 is 33.3 Å². The first-order valence-corrected chi connectivity index (χ1v) is 8.83. The van der Waals surface area contributed by atoms with E-state index < -0.39 is 0 Å². The van der Waals surface area contributed by atoms with Crippen LogP contribution in [0.2, 0.25) is 0 Å². The maximum atomic E-state index is 12.1. The zero-order valence-electron chi connectivity index (χ0n) is 13.3. The molecule has 0 amide bonds. The quantitative estimate of drug-likeness (QED) is 0.752. The molecule has 0 aliphatic carbocycles. The van der Waals surface area contributed by atoms with Crippen molar-refractivity contribution in [2.24, 2.45) is 0 Å². The monoisotopic (exact) mass is 346 g/mol. The standard InChI is InChI=1S/C15H18N6O2S/c1-2-11-18-12-13(22)19-15(20-14(12)24-11)17-9-7-16-21(8-9)10-3-5-23-6-4-10/h7-8,10H,2-6H2,1H3,(H2,17,19,20,22). The fourth-order valence-electron chi connectivity index (χ4n) is 2.77. The molecule has 1 saturated heterocycles.